The van der Waals surface area contributed by atoms with Crippen molar-refractivity contribution >= 4 is 45.0 Å². The molecule has 4 aromatic rings. The average Bonchev–Trinajstić information content (AvgIpc) is 3.24. The van der Waals surface area contributed by atoms with E-state index in [2.05, 4.69) is 10.3 Å². The number of halogens is 4. The van der Waals surface area contributed by atoms with Crippen LogP contribution >= 0.6 is 22.9 Å². The smallest absolute Gasteiger partial charge is 0.360 e. The summed E-state index contributed by atoms with van der Waals surface area (Å²) < 4.78 is 39.8. The lowest BCUT2D eigenvalue weighted by Gasteiger charge is -2.13. The van der Waals surface area contributed by atoms with Gasteiger partial charge in [-0.25, -0.2) is 4.98 Å². The molecule has 1 N–H and O–H groups in total. The monoisotopic (exact) mass is 455 g/mol. The first-order valence-corrected chi connectivity index (χ1v) is 10.3. The Balaban J connectivity index is 1.63. The number of allylic oxidation sites excluding steroid dienone is 1. The van der Waals surface area contributed by atoms with Gasteiger partial charge in [0.15, 0.2) is 0 Å². The molecular formula is C23H13ClF3N3S. The molecule has 0 radical (unpaired) electrons. The molecule has 0 unspecified atom stereocenters. The lowest BCUT2D eigenvalue weighted by Crippen LogP contribution is -2.08. The summed E-state index contributed by atoms with van der Waals surface area (Å²) in [6, 6.07) is 19.3. The number of thiazole rings is 1. The molecule has 1 aromatic heterocycles. The summed E-state index contributed by atoms with van der Waals surface area (Å²) in [5.41, 5.74) is 0.596. The zero-order chi connectivity index (χ0) is 22.0. The molecule has 0 aliphatic heterocycles. The van der Waals surface area contributed by atoms with Crippen molar-refractivity contribution in [2.75, 3.05) is 5.32 Å². The third-order valence-corrected chi connectivity index (χ3v) is 5.67. The van der Waals surface area contributed by atoms with E-state index in [1.807, 2.05) is 53.9 Å². The summed E-state index contributed by atoms with van der Waals surface area (Å²) in [5, 5.41) is 16.4. The molecule has 0 amide bonds. The van der Waals surface area contributed by atoms with Gasteiger partial charge in [-0.3, -0.25) is 0 Å². The first-order chi connectivity index (χ1) is 14.8. The molecule has 1 heterocycles. The number of hydrogen-bond acceptors (Lipinski definition) is 4. The van der Waals surface area contributed by atoms with Crippen LogP contribution < -0.4 is 5.32 Å². The highest BCUT2D eigenvalue weighted by atomic mass is 35.5. The molecule has 0 aliphatic carbocycles. The fourth-order valence-corrected chi connectivity index (χ4v) is 4.01. The van der Waals surface area contributed by atoms with E-state index < -0.39 is 11.7 Å². The topological polar surface area (TPSA) is 48.7 Å². The standard InChI is InChI=1S/C23H13ClF3N3S/c24-18-7-8-20(19(10-18)23(25,26)27)29-12-17(11-28)22-30-21(13-31-22)16-6-5-14-3-1-2-4-15(14)9-16/h1-10,12-13,29H/b17-12-. The van der Waals surface area contributed by atoms with E-state index in [4.69, 9.17) is 11.6 Å². The Morgan fingerprint density at radius 3 is 2.58 bits per heavy atom. The molecular weight excluding hydrogens is 443 g/mol. The van der Waals surface area contributed by atoms with E-state index in [1.165, 1.54) is 29.7 Å². The summed E-state index contributed by atoms with van der Waals surface area (Å²) in [6.07, 6.45) is -3.36. The number of hydrogen-bond donors (Lipinski definition) is 1. The average molecular weight is 456 g/mol. The molecule has 0 aliphatic rings. The van der Waals surface area contributed by atoms with E-state index in [9.17, 15) is 18.4 Å². The second-order valence-corrected chi connectivity index (χ2v) is 7.90. The van der Waals surface area contributed by atoms with Crippen molar-refractivity contribution < 1.29 is 13.2 Å². The first-order valence-electron chi connectivity index (χ1n) is 9.04. The summed E-state index contributed by atoms with van der Waals surface area (Å²) in [7, 11) is 0. The van der Waals surface area contributed by atoms with Crippen molar-refractivity contribution in [2.24, 2.45) is 0 Å². The van der Waals surface area contributed by atoms with Crippen molar-refractivity contribution in [2.45, 2.75) is 6.18 Å². The highest BCUT2D eigenvalue weighted by molar-refractivity contribution is 7.11. The zero-order valence-electron chi connectivity index (χ0n) is 15.7. The Labute approximate surface area is 185 Å². The van der Waals surface area contributed by atoms with Crippen molar-refractivity contribution in [1.29, 1.82) is 5.26 Å². The number of rotatable bonds is 4. The maximum atomic E-state index is 13.3. The number of fused-ring (bicyclic) bond motifs is 1. The molecule has 3 nitrogen and oxygen atoms in total. The number of benzene rings is 3. The van der Waals surface area contributed by atoms with Gasteiger partial charge in [0, 0.05) is 22.2 Å². The predicted octanol–water partition coefficient (Wildman–Crippen LogP) is 7.61. The Kier molecular flexibility index (Phi) is 5.68. The van der Waals surface area contributed by atoms with Crippen molar-refractivity contribution in [3.8, 4) is 17.3 Å². The summed E-state index contributed by atoms with van der Waals surface area (Å²) >= 11 is 6.95. The second-order valence-electron chi connectivity index (χ2n) is 6.60. The number of nitriles is 1. The first kappa shape index (κ1) is 20.9. The van der Waals surface area contributed by atoms with E-state index in [-0.39, 0.29) is 16.3 Å². The van der Waals surface area contributed by atoms with Gasteiger partial charge in [0.05, 0.1) is 16.9 Å². The lowest BCUT2D eigenvalue weighted by atomic mass is 10.1. The lowest BCUT2D eigenvalue weighted by molar-refractivity contribution is -0.136. The molecule has 0 saturated heterocycles. The third-order valence-electron chi connectivity index (χ3n) is 4.56. The van der Waals surface area contributed by atoms with Gasteiger partial charge in [0.25, 0.3) is 0 Å². The number of alkyl halides is 3. The number of aromatic nitrogens is 1. The maximum absolute atomic E-state index is 13.3. The third kappa shape index (κ3) is 4.55. The SMILES string of the molecule is N#C/C(=C/Nc1ccc(Cl)cc1C(F)(F)F)c1nc(-c2ccc3ccccc3c2)cs1. The van der Waals surface area contributed by atoms with Gasteiger partial charge < -0.3 is 5.32 Å². The molecule has 0 fully saturated rings. The highest BCUT2D eigenvalue weighted by Gasteiger charge is 2.33. The van der Waals surface area contributed by atoms with Crippen LogP contribution in [0.3, 0.4) is 0 Å². The molecule has 3 aromatic carbocycles. The van der Waals surface area contributed by atoms with E-state index in [1.54, 1.807) is 0 Å². The molecule has 0 spiro atoms. The summed E-state index contributed by atoms with van der Waals surface area (Å²) in [4.78, 5) is 4.50. The molecule has 31 heavy (non-hydrogen) atoms. The number of nitrogens with zero attached hydrogens (tertiary/aromatic N) is 2. The van der Waals surface area contributed by atoms with E-state index in [0.29, 0.717) is 10.7 Å². The van der Waals surface area contributed by atoms with Gasteiger partial charge in [-0.2, -0.15) is 18.4 Å². The fraction of sp³-hybridized carbons (Fsp3) is 0.0435. The van der Waals surface area contributed by atoms with Crippen LogP contribution in [-0.4, -0.2) is 4.98 Å². The molecule has 0 atom stereocenters. The fourth-order valence-electron chi connectivity index (χ4n) is 3.05. The van der Waals surface area contributed by atoms with Crippen LogP contribution in [0.1, 0.15) is 10.6 Å². The van der Waals surface area contributed by atoms with Gasteiger partial charge >= 0.3 is 6.18 Å². The van der Waals surface area contributed by atoms with E-state index in [0.717, 1.165) is 22.4 Å². The van der Waals surface area contributed by atoms with E-state index >= 15 is 0 Å². The van der Waals surface area contributed by atoms with Crippen LogP contribution in [0.5, 0.6) is 0 Å². The molecule has 154 valence electrons. The Hall–Kier alpha value is -3.34. The van der Waals surface area contributed by atoms with Gasteiger partial charge in [-0.15, -0.1) is 11.3 Å². The molecule has 0 saturated carbocycles. The minimum Gasteiger partial charge on any atom is -0.360 e. The van der Waals surface area contributed by atoms with Crippen LogP contribution in [0, 0.1) is 11.3 Å². The minimum atomic E-state index is -4.59. The highest BCUT2D eigenvalue weighted by Crippen LogP contribution is 2.37. The van der Waals surface area contributed by atoms with Gasteiger partial charge in [-0.1, -0.05) is 48.0 Å². The molecule has 8 heteroatoms. The second kappa shape index (κ2) is 8.42. The number of anilines is 1. The normalized spacial score (nSPS) is 12.0. The molecule has 0 bridgehead atoms. The Bertz CT molecular complexity index is 1340. The van der Waals surface area contributed by atoms with Crippen molar-refractivity contribution in [1.82, 2.24) is 4.98 Å². The summed E-state index contributed by atoms with van der Waals surface area (Å²) in [5.74, 6) is 0. The minimum absolute atomic E-state index is 0.0256. The van der Waals surface area contributed by atoms with Crippen molar-refractivity contribution in [3.63, 3.8) is 0 Å². The van der Waals surface area contributed by atoms with Crippen molar-refractivity contribution in [3.05, 3.63) is 87.8 Å². The molecule has 4 rings (SSSR count). The Morgan fingerprint density at radius 2 is 1.84 bits per heavy atom. The van der Waals surface area contributed by atoms with Crippen LogP contribution in [0.4, 0.5) is 18.9 Å². The van der Waals surface area contributed by atoms with Crippen LogP contribution in [-0.2, 0) is 6.18 Å². The summed E-state index contributed by atoms with van der Waals surface area (Å²) in [6.45, 7) is 0. The zero-order valence-corrected chi connectivity index (χ0v) is 17.3. The van der Waals surface area contributed by atoms with Crippen LogP contribution in [0.15, 0.2) is 72.2 Å². The maximum Gasteiger partial charge on any atom is 0.418 e. The van der Waals surface area contributed by atoms with Gasteiger partial charge in [-0.05, 0) is 35.0 Å². The Morgan fingerprint density at radius 1 is 1.06 bits per heavy atom. The predicted molar refractivity (Wildman–Crippen MR) is 119 cm³/mol. The van der Waals surface area contributed by atoms with Crippen LogP contribution in [0.2, 0.25) is 5.02 Å². The number of nitrogens with one attached hydrogen (secondary N) is 1. The van der Waals surface area contributed by atoms with Crippen LogP contribution in [0.25, 0.3) is 27.6 Å². The van der Waals surface area contributed by atoms with Gasteiger partial charge in [0.1, 0.15) is 16.6 Å². The van der Waals surface area contributed by atoms with Gasteiger partial charge in [0.2, 0.25) is 0 Å². The largest absolute Gasteiger partial charge is 0.418 e. The quantitative estimate of drug-likeness (QED) is 0.322.